The fourth-order valence-corrected chi connectivity index (χ4v) is 1.96. The van der Waals surface area contributed by atoms with Crippen LogP contribution in [-0.2, 0) is 4.74 Å². The molecule has 0 spiro atoms. The maximum atomic E-state index is 11.1. The predicted molar refractivity (Wildman–Crippen MR) is 49.1 cm³/mol. The minimum atomic E-state index is -0.956. The van der Waals surface area contributed by atoms with Crippen LogP contribution in [0.2, 0.25) is 0 Å². The van der Waals surface area contributed by atoms with Crippen LogP contribution in [0.3, 0.4) is 0 Å². The van der Waals surface area contributed by atoms with Gasteiger partial charge < -0.3 is 20.7 Å². The summed E-state index contributed by atoms with van der Waals surface area (Å²) < 4.78 is 4.73. The number of cyclic esters (lactones) is 1. The Balaban J connectivity index is 0.000000980. The lowest BCUT2D eigenvalue weighted by Gasteiger charge is -2.20. The van der Waals surface area contributed by atoms with Gasteiger partial charge in [-0.05, 0) is 0 Å². The molecule has 82 valence electrons. The molecule has 1 amide bonds. The first-order chi connectivity index (χ1) is 6.16. The molecule has 0 saturated carbocycles. The van der Waals surface area contributed by atoms with Gasteiger partial charge in [0.2, 0.25) is 0 Å². The summed E-state index contributed by atoms with van der Waals surface area (Å²) in [4.78, 5) is 12.5. The number of amides is 1. The molecule has 0 aliphatic carbocycles. The lowest BCUT2D eigenvalue weighted by molar-refractivity contribution is 0.0198. The summed E-state index contributed by atoms with van der Waals surface area (Å²) in [6.45, 7) is 0.261. The van der Waals surface area contributed by atoms with Gasteiger partial charge in [0.25, 0.3) is 0 Å². The van der Waals surface area contributed by atoms with E-state index >= 15 is 0 Å². The molecule has 2 fully saturated rings. The van der Waals surface area contributed by atoms with E-state index < -0.39 is 30.4 Å². The molecule has 14 heavy (non-hydrogen) atoms. The second kappa shape index (κ2) is 3.90. The SMILES string of the molecule is Cl.NC[C@@H]1[C@H](O)[C@H](O)[C@@H]2COC(=O)N12. The van der Waals surface area contributed by atoms with Crippen LogP contribution in [0.1, 0.15) is 0 Å². The van der Waals surface area contributed by atoms with Crippen LogP contribution in [0.25, 0.3) is 0 Å². The standard InChI is InChI=1S/C7H12N2O4.ClH/c8-1-3-5(10)6(11)4-2-13-7(12)9(3)4;/h3-6,10-11H,1-2,8H2;1H/t3-,4+,5+,6-;/m1./s1. The van der Waals surface area contributed by atoms with Crippen molar-refractivity contribution in [3.8, 4) is 0 Å². The minimum Gasteiger partial charge on any atom is -0.447 e. The van der Waals surface area contributed by atoms with Gasteiger partial charge in [0.15, 0.2) is 0 Å². The molecule has 0 radical (unpaired) electrons. The van der Waals surface area contributed by atoms with Gasteiger partial charge in [-0.2, -0.15) is 0 Å². The molecular formula is C7H13ClN2O4. The Hall–Kier alpha value is -0.560. The van der Waals surface area contributed by atoms with Gasteiger partial charge in [0, 0.05) is 6.54 Å². The number of carbonyl (C=O) groups excluding carboxylic acids is 1. The van der Waals surface area contributed by atoms with E-state index in [1.54, 1.807) is 0 Å². The first kappa shape index (κ1) is 11.5. The smallest absolute Gasteiger partial charge is 0.410 e. The van der Waals surface area contributed by atoms with Crippen LogP contribution in [0.5, 0.6) is 0 Å². The Morgan fingerprint density at radius 3 is 2.71 bits per heavy atom. The van der Waals surface area contributed by atoms with E-state index in [-0.39, 0.29) is 25.6 Å². The van der Waals surface area contributed by atoms with Gasteiger partial charge in [-0.15, -0.1) is 12.4 Å². The summed E-state index contributed by atoms with van der Waals surface area (Å²) in [5.74, 6) is 0. The molecule has 2 aliphatic rings. The van der Waals surface area contributed by atoms with Crippen LogP contribution in [-0.4, -0.2) is 58.6 Å². The quantitative estimate of drug-likeness (QED) is 0.493. The average molecular weight is 225 g/mol. The third-order valence-corrected chi connectivity index (χ3v) is 2.68. The topological polar surface area (TPSA) is 96.0 Å². The fraction of sp³-hybridized carbons (Fsp3) is 0.857. The molecule has 2 rings (SSSR count). The summed E-state index contributed by atoms with van der Waals surface area (Å²) in [5.41, 5.74) is 5.38. The van der Waals surface area contributed by atoms with Crippen LogP contribution >= 0.6 is 12.4 Å². The molecule has 0 bridgehead atoms. The van der Waals surface area contributed by atoms with Crippen molar-refractivity contribution in [1.29, 1.82) is 0 Å². The second-order valence-electron chi connectivity index (χ2n) is 3.34. The lowest BCUT2D eigenvalue weighted by atomic mass is 10.1. The summed E-state index contributed by atoms with van der Waals surface area (Å²) in [6, 6.07) is -0.953. The molecule has 0 aromatic heterocycles. The Bertz CT molecular complexity index is 238. The van der Waals surface area contributed by atoms with Crippen molar-refractivity contribution in [2.45, 2.75) is 24.3 Å². The van der Waals surface area contributed by atoms with Gasteiger partial charge in [-0.1, -0.05) is 0 Å². The van der Waals surface area contributed by atoms with Crippen LogP contribution < -0.4 is 5.73 Å². The molecule has 6 nitrogen and oxygen atoms in total. The second-order valence-corrected chi connectivity index (χ2v) is 3.34. The Kier molecular flexibility index (Phi) is 3.20. The van der Waals surface area contributed by atoms with Gasteiger partial charge in [-0.25, -0.2) is 4.79 Å². The van der Waals surface area contributed by atoms with Crippen molar-refractivity contribution in [1.82, 2.24) is 4.90 Å². The third kappa shape index (κ3) is 1.35. The first-order valence-corrected chi connectivity index (χ1v) is 4.18. The Morgan fingerprint density at radius 2 is 2.14 bits per heavy atom. The normalized spacial score (nSPS) is 40.5. The molecule has 2 heterocycles. The molecule has 2 aliphatic heterocycles. The zero-order chi connectivity index (χ0) is 9.59. The molecule has 2 saturated heterocycles. The molecular weight excluding hydrogens is 212 g/mol. The van der Waals surface area contributed by atoms with Gasteiger partial charge in [0.1, 0.15) is 18.8 Å². The van der Waals surface area contributed by atoms with Gasteiger partial charge in [-0.3, -0.25) is 4.90 Å². The molecule has 4 N–H and O–H groups in total. The average Bonchev–Trinajstić information content (AvgIpc) is 2.58. The van der Waals surface area contributed by atoms with Gasteiger partial charge in [0.05, 0.1) is 12.1 Å². The molecule has 4 atom stereocenters. The number of hydrogen-bond donors (Lipinski definition) is 3. The zero-order valence-electron chi connectivity index (χ0n) is 7.37. The summed E-state index contributed by atoms with van der Waals surface area (Å²) in [6.07, 6.45) is -2.40. The van der Waals surface area contributed by atoms with Crippen molar-refractivity contribution < 1.29 is 19.7 Å². The summed E-state index contributed by atoms with van der Waals surface area (Å²) in [7, 11) is 0. The largest absolute Gasteiger partial charge is 0.447 e. The third-order valence-electron chi connectivity index (χ3n) is 2.68. The predicted octanol–water partition coefficient (Wildman–Crippen LogP) is -1.71. The van der Waals surface area contributed by atoms with Gasteiger partial charge >= 0.3 is 6.09 Å². The van der Waals surface area contributed by atoms with Crippen LogP contribution in [0.4, 0.5) is 4.79 Å². The van der Waals surface area contributed by atoms with E-state index in [0.717, 1.165) is 0 Å². The number of aliphatic hydroxyl groups is 2. The first-order valence-electron chi connectivity index (χ1n) is 4.18. The highest BCUT2D eigenvalue weighted by atomic mass is 35.5. The molecule has 0 aromatic carbocycles. The van der Waals surface area contributed by atoms with E-state index in [9.17, 15) is 15.0 Å². The number of nitrogens with zero attached hydrogens (tertiary/aromatic N) is 1. The van der Waals surface area contributed by atoms with Crippen LogP contribution in [0, 0.1) is 0 Å². The molecule has 0 unspecified atom stereocenters. The van der Waals surface area contributed by atoms with Crippen molar-refractivity contribution >= 4 is 18.5 Å². The highest BCUT2D eigenvalue weighted by Crippen LogP contribution is 2.29. The van der Waals surface area contributed by atoms with Crippen molar-refractivity contribution in [2.75, 3.05) is 13.2 Å². The number of ether oxygens (including phenoxy) is 1. The number of carbonyl (C=O) groups is 1. The van der Waals surface area contributed by atoms with Crippen molar-refractivity contribution in [2.24, 2.45) is 5.73 Å². The lowest BCUT2D eigenvalue weighted by Crippen LogP contribution is -2.43. The van der Waals surface area contributed by atoms with E-state index in [1.165, 1.54) is 4.90 Å². The zero-order valence-corrected chi connectivity index (χ0v) is 8.18. The maximum Gasteiger partial charge on any atom is 0.410 e. The van der Waals surface area contributed by atoms with E-state index in [1.807, 2.05) is 0 Å². The maximum absolute atomic E-state index is 11.1. The van der Waals surface area contributed by atoms with E-state index in [4.69, 9.17) is 10.5 Å². The Morgan fingerprint density at radius 1 is 1.50 bits per heavy atom. The summed E-state index contributed by atoms with van der Waals surface area (Å²) >= 11 is 0. The van der Waals surface area contributed by atoms with Crippen LogP contribution in [0.15, 0.2) is 0 Å². The molecule has 0 aromatic rings. The minimum absolute atomic E-state index is 0. The monoisotopic (exact) mass is 224 g/mol. The fourth-order valence-electron chi connectivity index (χ4n) is 1.96. The number of fused-ring (bicyclic) bond motifs is 1. The van der Waals surface area contributed by atoms with Crippen molar-refractivity contribution in [3.63, 3.8) is 0 Å². The number of hydrogen-bond acceptors (Lipinski definition) is 5. The number of rotatable bonds is 1. The number of aliphatic hydroxyl groups excluding tert-OH is 2. The van der Waals surface area contributed by atoms with Crippen molar-refractivity contribution in [3.05, 3.63) is 0 Å². The highest BCUT2D eigenvalue weighted by molar-refractivity contribution is 5.85. The van der Waals surface area contributed by atoms with E-state index in [2.05, 4.69) is 0 Å². The van der Waals surface area contributed by atoms with E-state index in [0.29, 0.717) is 0 Å². The number of nitrogens with two attached hydrogens (primary N) is 1. The highest BCUT2D eigenvalue weighted by Gasteiger charge is 2.53. The number of halogens is 1. The Labute approximate surface area is 87.0 Å². The molecule has 7 heteroatoms. The summed E-state index contributed by atoms with van der Waals surface area (Å²) in [5, 5.41) is 19.0.